The summed E-state index contributed by atoms with van der Waals surface area (Å²) in [6.45, 7) is 5.21. The van der Waals surface area contributed by atoms with Gasteiger partial charge in [0.25, 0.3) is 17.4 Å². The van der Waals surface area contributed by atoms with Gasteiger partial charge in [0.05, 0.1) is 18.1 Å². The van der Waals surface area contributed by atoms with Crippen LogP contribution in [0.15, 0.2) is 52.1 Å². The number of aryl methyl sites for hydroxylation is 1. The number of halogens is 1. The average molecular weight is 681 g/mol. The smallest absolute Gasteiger partial charge is 0.282 e. The first-order valence-corrected chi connectivity index (χ1v) is 16.1. The first kappa shape index (κ1) is 31.1. The number of imide groups is 1. The van der Waals surface area contributed by atoms with E-state index < -0.39 is 6.04 Å². The number of carbonyl (C=O) groups is 3. The Bertz CT molecular complexity index is 1630. The number of likely N-dealkylation sites (tertiary alicyclic amines) is 1. The molecule has 1 aromatic carbocycles. The Labute approximate surface area is 269 Å². The number of amides is 3. The number of anilines is 1. The van der Waals surface area contributed by atoms with Crippen LogP contribution in [0.1, 0.15) is 52.7 Å². The van der Waals surface area contributed by atoms with Crippen molar-refractivity contribution in [2.75, 3.05) is 51.6 Å². The quantitative estimate of drug-likeness (QED) is 0.357. The molecule has 1 unspecified atom stereocenters. The molecule has 3 fully saturated rings. The number of benzene rings is 1. The number of hydrogen-bond donors (Lipinski definition) is 2. The Morgan fingerprint density at radius 2 is 1.78 bits per heavy atom. The van der Waals surface area contributed by atoms with E-state index in [2.05, 4.69) is 65.7 Å². The maximum Gasteiger partial charge on any atom is 0.282 e. The van der Waals surface area contributed by atoms with Crippen LogP contribution in [0.5, 0.6) is 0 Å². The van der Waals surface area contributed by atoms with Gasteiger partial charge in [-0.1, -0.05) is 12.1 Å². The molecule has 6 rings (SSSR count). The van der Waals surface area contributed by atoms with Gasteiger partial charge in [0.2, 0.25) is 5.91 Å². The lowest BCUT2D eigenvalue weighted by atomic mass is 9.87. The standard InChI is InChI=1S/C31H38BrN9O4/c1-37-18-23(13-24(19-37)35-25-15-33-38(2)31(45)28(25)32)21-3-5-22(6-4-21)30(44)40-11-9-39(10-12-40)16-20-14-34-41(17-20)26-7-8-27(42)36-29(26)43/h3-6,14-15,17,23-24,26,35H,7-13,16,18-19H2,1-2H3,(H,36,42,43)/t23-,24+,26?/m0/s1. The van der Waals surface area contributed by atoms with Crippen LogP contribution in [-0.4, -0.2) is 104 Å². The van der Waals surface area contributed by atoms with Gasteiger partial charge in [-0.2, -0.15) is 10.2 Å². The molecule has 0 radical (unpaired) electrons. The van der Waals surface area contributed by atoms with E-state index in [-0.39, 0.29) is 35.2 Å². The van der Waals surface area contributed by atoms with E-state index in [1.165, 1.54) is 10.2 Å². The van der Waals surface area contributed by atoms with Gasteiger partial charge in [-0.05, 0) is 59.4 Å². The molecular formula is C31H38BrN9O4. The van der Waals surface area contributed by atoms with Crippen LogP contribution in [0, 0.1) is 0 Å². The van der Waals surface area contributed by atoms with E-state index in [4.69, 9.17) is 0 Å². The maximum atomic E-state index is 13.4. The summed E-state index contributed by atoms with van der Waals surface area (Å²) >= 11 is 3.41. The van der Waals surface area contributed by atoms with Gasteiger partial charge in [-0.25, -0.2) is 4.68 Å². The molecule has 238 valence electrons. The molecule has 3 saturated heterocycles. The third-order valence-corrected chi connectivity index (χ3v) is 9.72. The molecule has 0 spiro atoms. The second-order valence-corrected chi connectivity index (χ2v) is 13.1. The van der Waals surface area contributed by atoms with Gasteiger partial charge in [-0.3, -0.25) is 34.1 Å². The van der Waals surface area contributed by atoms with Crippen LogP contribution in [0.4, 0.5) is 5.69 Å². The van der Waals surface area contributed by atoms with Gasteiger partial charge in [0, 0.05) is 82.6 Å². The highest BCUT2D eigenvalue weighted by Gasteiger charge is 2.30. The first-order chi connectivity index (χ1) is 21.6. The van der Waals surface area contributed by atoms with Crippen molar-refractivity contribution in [1.82, 2.24) is 39.6 Å². The number of piperidine rings is 2. The van der Waals surface area contributed by atoms with Crippen LogP contribution in [0.25, 0.3) is 0 Å². The van der Waals surface area contributed by atoms with Crippen molar-refractivity contribution in [2.45, 2.75) is 43.8 Å². The predicted molar refractivity (Wildman–Crippen MR) is 171 cm³/mol. The van der Waals surface area contributed by atoms with Crippen molar-refractivity contribution in [3.8, 4) is 0 Å². The minimum absolute atomic E-state index is 0.0372. The zero-order chi connectivity index (χ0) is 31.7. The minimum atomic E-state index is -0.458. The van der Waals surface area contributed by atoms with Crippen LogP contribution in [0.3, 0.4) is 0 Å². The van der Waals surface area contributed by atoms with Gasteiger partial charge in [0.15, 0.2) is 0 Å². The van der Waals surface area contributed by atoms with Gasteiger partial charge in [0.1, 0.15) is 10.5 Å². The normalized spacial score (nSPS) is 23.2. The zero-order valence-electron chi connectivity index (χ0n) is 25.5. The molecule has 3 aliphatic heterocycles. The Balaban J connectivity index is 1.01. The number of hydrogen-bond acceptors (Lipinski definition) is 9. The Morgan fingerprint density at radius 1 is 1.02 bits per heavy atom. The molecule has 14 heteroatoms. The summed E-state index contributed by atoms with van der Waals surface area (Å²) in [7, 11) is 3.72. The molecule has 45 heavy (non-hydrogen) atoms. The van der Waals surface area contributed by atoms with Crippen LogP contribution >= 0.6 is 15.9 Å². The number of piperazine rings is 1. The molecule has 0 saturated carbocycles. The highest BCUT2D eigenvalue weighted by atomic mass is 79.9. The van der Waals surface area contributed by atoms with Gasteiger partial charge in [-0.15, -0.1) is 0 Å². The van der Waals surface area contributed by atoms with E-state index in [0.29, 0.717) is 48.2 Å². The Morgan fingerprint density at radius 3 is 2.51 bits per heavy atom. The number of nitrogens with one attached hydrogen (secondary N) is 2. The summed E-state index contributed by atoms with van der Waals surface area (Å²) in [4.78, 5) is 55.7. The first-order valence-electron chi connectivity index (χ1n) is 15.3. The SMILES string of the molecule is CN1C[C@H](Nc2cnn(C)c(=O)c2Br)C[C@H](c2ccc(C(=O)N3CCN(Cc4cnn(C5CCC(=O)NC5=O)c4)CC3)cc2)C1. The van der Waals surface area contributed by atoms with Crippen molar-refractivity contribution < 1.29 is 14.4 Å². The fourth-order valence-corrected chi connectivity index (χ4v) is 6.98. The molecule has 2 N–H and O–H groups in total. The number of likely N-dealkylation sites (N-methyl/N-ethyl adjacent to an activating group) is 1. The highest BCUT2D eigenvalue weighted by molar-refractivity contribution is 9.10. The molecular weight excluding hydrogens is 642 g/mol. The molecule has 13 nitrogen and oxygen atoms in total. The molecule has 3 aromatic rings. The fourth-order valence-electron chi connectivity index (χ4n) is 6.51. The van der Waals surface area contributed by atoms with Crippen molar-refractivity contribution >= 4 is 39.3 Å². The third kappa shape index (κ3) is 7.02. The van der Waals surface area contributed by atoms with E-state index in [1.807, 2.05) is 23.2 Å². The van der Waals surface area contributed by atoms with Crippen molar-refractivity contribution in [3.05, 3.63) is 74.4 Å². The number of aromatic nitrogens is 4. The number of nitrogens with zero attached hydrogens (tertiary/aromatic N) is 7. The Kier molecular flexibility index (Phi) is 9.15. The van der Waals surface area contributed by atoms with E-state index in [0.717, 1.165) is 38.2 Å². The van der Waals surface area contributed by atoms with Gasteiger partial charge < -0.3 is 15.1 Å². The summed E-state index contributed by atoms with van der Waals surface area (Å²) < 4.78 is 3.43. The lowest BCUT2D eigenvalue weighted by Gasteiger charge is -2.37. The lowest BCUT2D eigenvalue weighted by molar-refractivity contribution is -0.135. The predicted octanol–water partition coefficient (Wildman–Crippen LogP) is 1.57. The molecule has 3 aliphatic rings. The highest BCUT2D eigenvalue weighted by Crippen LogP contribution is 2.30. The molecule has 5 heterocycles. The molecule has 3 atom stereocenters. The number of rotatable bonds is 7. The van der Waals surface area contributed by atoms with Crippen molar-refractivity contribution in [1.29, 1.82) is 0 Å². The summed E-state index contributed by atoms with van der Waals surface area (Å²) in [5.74, 6) is -0.226. The summed E-state index contributed by atoms with van der Waals surface area (Å²) in [5, 5.41) is 14.4. The largest absolute Gasteiger partial charge is 0.379 e. The number of carbonyl (C=O) groups excluding carboxylic acids is 3. The molecule has 3 amide bonds. The van der Waals surface area contributed by atoms with Crippen LogP contribution < -0.4 is 16.2 Å². The lowest BCUT2D eigenvalue weighted by Crippen LogP contribution is -2.48. The Hall–Kier alpha value is -3.88. The monoisotopic (exact) mass is 679 g/mol. The summed E-state index contributed by atoms with van der Waals surface area (Å²) in [6.07, 6.45) is 6.99. The van der Waals surface area contributed by atoms with Crippen molar-refractivity contribution in [2.24, 2.45) is 7.05 Å². The average Bonchev–Trinajstić information content (AvgIpc) is 3.49. The van der Waals surface area contributed by atoms with Gasteiger partial charge >= 0.3 is 0 Å². The van der Waals surface area contributed by atoms with E-state index >= 15 is 0 Å². The summed E-state index contributed by atoms with van der Waals surface area (Å²) in [6, 6.07) is 7.70. The van der Waals surface area contributed by atoms with Crippen LogP contribution in [0.2, 0.25) is 0 Å². The molecule has 2 aromatic heterocycles. The topological polar surface area (TPSA) is 138 Å². The molecule has 0 aliphatic carbocycles. The second-order valence-electron chi connectivity index (χ2n) is 12.3. The third-order valence-electron chi connectivity index (χ3n) is 8.95. The van der Waals surface area contributed by atoms with E-state index in [1.54, 1.807) is 24.1 Å². The minimum Gasteiger partial charge on any atom is -0.379 e. The second kappa shape index (κ2) is 13.2. The van der Waals surface area contributed by atoms with Crippen LogP contribution in [-0.2, 0) is 23.2 Å². The van der Waals surface area contributed by atoms with Crippen molar-refractivity contribution in [3.63, 3.8) is 0 Å². The molecule has 0 bridgehead atoms. The maximum absolute atomic E-state index is 13.4. The fraction of sp³-hybridized carbons (Fsp3) is 0.484. The summed E-state index contributed by atoms with van der Waals surface area (Å²) in [5.41, 5.74) is 3.39. The zero-order valence-corrected chi connectivity index (χ0v) is 27.1. The van der Waals surface area contributed by atoms with E-state index in [9.17, 15) is 19.2 Å².